The smallest absolute Gasteiger partial charge is 0.119 e. The first kappa shape index (κ1) is 11.4. The minimum absolute atomic E-state index is 0.133. The van der Waals surface area contributed by atoms with Gasteiger partial charge in [-0.15, -0.1) is 0 Å². The molecule has 2 N–H and O–H groups in total. The topological polar surface area (TPSA) is 57.4 Å². The molecule has 1 aromatic carbocycles. The van der Waals surface area contributed by atoms with Gasteiger partial charge in [0, 0.05) is 18.1 Å². The zero-order chi connectivity index (χ0) is 12.6. The van der Waals surface area contributed by atoms with Crippen molar-refractivity contribution >= 4 is 10.8 Å². The summed E-state index contributed by atoms with van der Waals surface area (Å²) in [5.74, 6) is 0.837. The van der Waals surface area contributed by atoms with E-state index in [1.165, 1.54) is 0 Å². The minimum Gasteiger partial charge on any atom is -0.497 e. The van der Waals surface area contributed by atoms with E-state index in [-0.39, 0.29) is 5.41 Å². The maximum absolute atomic E-state index is 5.91. The number of methoxy groups -OCH3 is 1. The Balaban J connectivity index is 2.21. The number of benzene rings is 1. The first-order chi connectivity index (χ1) is 8.79. The van der Waals surface area contributed by atoms with Crippen molar-refractivity contribution < 1.29 is 9.47 Å². The molecule has 0 radical (unpaired) electrons. The summed E-state index contributed by atoms with van der Waals surface area (Å²) in [5, 5.41) is 2.26. The Labute approximate surface area is 106 Å². The molecule has 18 heavy (non-hydrogen) atoms. The van der Waals surface area contributed by atoms with Crippen LogP contribution in [0.3, 0.4) is 0 Å². The van der Waals surface area contributed by atoms with E-state index in [1.807, 2.05) is 30.5 Å². The van der Waals surface area contributed by atoms with Gasteiger partial charge in [-0.2, -0.15) is 0 Å². The molecule has 4 heteroatoms. The third-order valence-corrected chi connectivity index (χ3v) is 3.62. The zero-order valence-electron chi connectivity index (χ0n) is 10.3. The maximum Gasteiger partial charge on any atom is 0.119 e. The molecule has 1 fully saturated rings. The predicted octanol–water partition coefficient (Wildman–Crippen LogP) is 1.47. The lowest BCUT2D eigenvalue weighted by atomic mass is 9.80. The highest BCUT2D eigenvalue weighted by molar-refractivity contribution is 5.86. The largest absolute Gasteiger partial charge is 0.497 e. The third-order valence-electron chi connectivity index (χ3n) is 3.62. The van der Waals surface area contributed by atoms with Crippen LogP contribution in [0.2, 0.25) is 0 Å². The van der Waals surface area contributed by atoms with Crippen LogP contribution in [0, 0.1) is 0 Å². The molecular formula is C14H16N2O2. The molecule has 0 unspecified atom stereocenters. The van der Waals surface area contributed by atoms with Crippen molar-refractivity contribution in [3.05, 3.63) is 36.2 Å². The van der Waals surface area contributed by atoms with E-state index in [0.29, 0.717) is 19.8 Å². The van der Waals surface area contributed by atoms with Crippen LogP contribution in [0.25, 0.3) is 10.8 Å². The number of pyridine rings is 1. The van der Waals surface area contributed by atoms with Crippen molar-refractivity contribution in [2.75, 3.05) is 26.9 Å². The molecule has 0 spiro atoms. The van der Waals surface area contributed by atoms with E-state index < -0.39 is 0 Å². The van der Waals surface area contributed by atoms with Crippen molar-refractivity contribution in [1.82, 2.24) is 4.98 Å². The van der Waals surface area contributed by atoms with Crippen LogP contribution in [0.1, 0.15) is 5.69 Å². The lowest BCUT2D eigenvalue weighted by Gasteiger charge is -2.40. The van der Waals surface area contributed by atoms with Crippen LogP contribution in [-0.4, -0.2) is 31.9 Å². The minimum atomic E-state index is -0.133. The second-order valence-electron chi connectivity index (χ2n) is 4.72. The molecular weight excluding hydrogens is 228 g/mol. The predicted molar refractivity (Wildman–Crippen MR) is 69.8 cm³/mol. The molecule has 1 aliphatic rings. The highest BCUT2D eigenvalue weighted by Crippen LogP contribution is 2.35. The second kappa shape index (κ2) is 4.23. The number of ether oxygens (including phenoxy) is 2. The average Bonchev–Trinajstić information content (AvgIpc) is 2.38. The maximum atomic E-state index is 5.91. The number of nitrogens with two attached hydrogens (primary N) is 1. The molecule has 0 bridgehead atoms. The van der Waals surface area contributed by atoms with Crippen LogP contribution < -0.4 is 10.5 Å². The Kier molecular flexibility index (Phi) is 2.69. The summed E-state index contributed by atoms with van der Waals surface area (Å²) in [5.41, 5.74) is 6.80. The van der Waals surface area contributed by atoms with Crippen LogP contribution in [0.15, 0.2) is 30.5 Å². The first-order valence-electron chi connectivity index (χ1n) is 6.00. The molecule has 2 aromatic rings. The number of hydrogen-bond donors (Lipinski definition) is 1. The summed E-state index contributed by atoms with van der Waals surface area (Å²) in [6, 6.07) is 8.02. The Morgan fingerprint density at radius 2 is 2.22 bits per heavy atom. The third kappa shape index (κ3) is 1.57. The van der Waals surface area contributed by atoms with Gasteiger partial charge in [0.25, 0.3) is 0 Å². The van der Waals surface area contributed by atoms with Crippen LogP contribution in [0.4, 0.5) is 0 Å². The van der Waals surface area contributed by atoms with E-state index in [9.17, 15) is 0 Å². The van der Waals surface area contributed by atoms with Gasteiger partial charge in [0.05, 0.1) is 31.4 Å². The van der Waals surface area contributed by atoms with Crippen LogP contribution in [-0.2, 0) is 10.2 Å². The molecule has 3 rings (SSSR count). The Morgan fingerprint density at radius 3 is 2.83 bits per heavy atom. The molecule has 1 aliphatic heterocycles. The quantitative estimate of drug-likeness (QED) is 0.888. The normalized spacial score (nSPS) is 17.4. The number of aromatic nitrogens is 1. The van der Waals surface area contributed by atoms with Crippen LogP contribution >= 0.6 is 0 Å². The average molecular weight is 244 g/mol. The summed E-state index contributed by atoms with van der Waals surface area (Å²) >= 11 is 0. The molecule has 2 heterocycles. The molecule has 0 saturated carbocycles. The second-order valence-corrected chi connectivity index (χ2v) is 4.72. The fraction of sp³-hybridized carbons (Fsp3) is 0.357. The van der Waals surface area contributed by atoms with Gasteiger partial charge in [0.15, 0.2) is 0 Å². The van der Waals surface area contributed by atoms with E-state index in [4.69, 9.17) is 15.2 Å². The summed E-state index contributed by atoms with van der Waals surface area (Å²) < 4.78 is 10.6. The Bertz CT molecular complexity index is 574. The summed E-state index contributed by atoms with van der Waals surface area (Å²) in [6.45, 7) is 1.84. The zero-order valence-corrected chi connectivity index (χ0v) is 10.3. The van der Waals surface area contributed by atoms with Gasteiger partial charge in [-0.3, -0.25) is 4.98 Å². The molecule has 1 saturated heterocycles. The summed E-state index contributed by atoms with van der Waals surface area (Å²) in [4.78, 5) is 4.53. The molecule has 4 nitrogen and oxygen atoms in total. The van der Waals surface area contributed by atoms with E-state index in [1.54, 1.807) is 7.11 Å². The Morgan fingerprint density at radius 1 is 1.39 bits per heavy atom. The molecule has 0 atom stereocenters. The molecule has 1 aromatic heterocycles. The number of rotatable bonds is 3. The fourth-order valence-corrected chi connectivity index (χ4v) is 2.40. The van der Waals surface area contributed by atoms with Crippen molar-refractivity contribution in [2.45, 2.75) is 5.41 Å². The molecule has 94 valence electrons. The van der Waals surface area contributed by atoms with E-state index in [0.717, 1.165) is 22.2 Å². The number of nitrogens with zero attached hydrogens (tertiary/aromatic N) is 1. The standard InChI is InChI=1S/C14H16N2O2/c1-17-11-3-2-10-4-5-16-13(12(10)6-11)14(7-15)8-18-9-14/h2-6H,7-9,15H2,1H3. The van der Waals surface area contributed by atoms with E-state index >= 15 is 0 Å². The first-order valence-corrected chi connectivity index (χ1v) is 6.00. The highest BCUT2D eigenvalue weighted by Gasteiger charge is 2.41. The summed E-state index contributed by atoms with van der Waals surface area (Å²) in [7, 11) is 1.67. The highest BCUT2D eigenvalue weighted by atomic mass is 16.5. The van der Waals surface area contributed by atoms with Crippen molar-refractivity contribution in [2.24, 2.45) is 5.73 Å². The van der Waals surface area contributed by atoms with Gasteiger partial charge < -0.3 is 15.2 Å². The van der Waals surface area contributed by atoms with Crippen molar-refractivity contribution in [3.63, 3.8) is 0 Å². The molecule has 0 amide bonds. The van der Waals surface area contributed by atoms with Gasteiger partial charge in [-0.05, 0) is 23.6 Å². The van der Waals surface area contributed by atoms with Gasteiger partial charge >= 0.3 is 0 Å². The van der Waals surface area contributed by atoms with Crippen LogP contribution in [0.5, 0.6) is 5.75 Å². The van der Waals surface area contributed by atoms with Gasteiger partial charge in [-0.25, -0.2) is 0 Å². The number of fused-ring (bicyclic) bond motifs is 1. The van der Waals surface area contributed by atoms with Gasteiger partial charge in [0.2, 0.25) is 0 Å². The van der Waals surface area contributed by atoms with E-state index in [2.05, 4.69) is 4.98 Å². The van der Waals surface area contributed by atoms with Gasteiger partial charge in [0.1, 0.15) is 5.75 Å². The monoisotopic (exact) mass is 244 g/mol. The van der Waals surface area contributed by atoms with Crippen molar-refractivity contribution in [1.29, 1.82) is 0 Å². The van der Waals surface area contributed by atoms with Crippen molar-refractivity contribution in [3.8, 4) is 5.75 Å². The number of hydrogen-bond acceptors (Lipinski definition) is 4. The lowest BCUT2D eigenvalue weighted by molar-refractivity contribution is -0.0563. The summed E-state index contributed by atoms with van der Waals surface area (Å²) in [6.07, 6.45) is 1.83. The Hall–Kier alpha value is -1.65. The SMILES string of the molecule is COc1ccc2ccnc(C3(CN)COC3)c2c1. The van der Waals surface area contributed by atoms with Gasteiger partial charge in [-0.1, -0.05) is 6.07 Å². The fourth-order valence-electron chi connectivity index (χ4n) is 2.40. The molecule has 0 aliphatic carbocycles. The lowest BCUT2D eigenvalue weighted by Crippen LogP contribution is -2.52.